The van der Waals surface area contributed by atoms with Crippen LogP contribution >= 0.6 is 27.5 Å². The van der Waals surface area contributed by atoms with E-state index in [1.807, 2.05) is 31.2 Å². The molecule has 0 aliphatic rings. The lowest BCUT2D eigenvalue weighted by Gasteiger charge is -2.01. The highest BCUT2D eigenvalue weighted by Gasteiger charge is 1.97. The lowest BCUT2D eigenvalue weighted by molar-refractivity contribution is 1.15. The fraction of sp³-hybridized carbons (Fsp3) is 0.200. The summed E-state index contributed by atoms with van der Waals surface area (Å²) in [5, 5.41) is 0.731. The summed E-state index contributed by atoms with van der Waals surface area (Å²) in [5.41, 5.74) is 7.74. The van der Waals surface area contributed by atoms with Gasteiger partial charge in [0.1, 0.15) is 0 Å². The molecule has 0 fully saturated rings. The monoisotopic (exact) mass is 259 g/mol. The van der Waals surface area contributed by atoms with Gasteiger partial charge in [-0.05, 0) is 24.6 Å². The normalized spacial score (nSPS) is 11.8. The van der Waals surface area contributed by atoms with Crippen LogP contribution in [0.1, 0.15) is 12.5 Å². The van der Waals surface area contributed by atoms with E-state index in [0.717, 1.165) is 20.6 Å². The Labute approximate surface area is 91.7 Å². The SMILES string of the molecule is C/C(=C/c1ccc(Cl)cc1Br)CN. The number of hydrogen-bond donors (Lipinski definition) is 1. The van der Waals surface area contributed by atoms with Crippen LogP contribution in [0.3, 0.4) is 0 Å². The standard InChI is InChI=1S/C10H11BrClN/c1-7(6-13)4-8-2-3-9(12)5-10(8)11/h2-5H,6,13H2,1H3/b7-4-. The Bertz CT molecular complexity index is 334. The zero-order valence-electron chi connectivity index (χ0n) is 7.35. The summed E-state index contributed by atoms with van der Waals surface area (Å²) in [4.78, 5) is 0. The van der Waals surface area contributed by atoms with E-state index in [4.69, 9.17) is 17.3 Å². The van der Waals surface area contributed by atoms with Gasteiger partial charge in [0.25, 0.3) is 0 Å². The van der Waals surface area contributed by atoms with Crippen molar-refractivity contribution in [1.29, 1.82) is 0 Å². The van der Waals surface area contributed by atoms with E-state index in [9.17, 15) is 0 Å². The van der Waals surface area contributed by atoms with Crippen LogP contribution in [-0.2, 0) is 0 Å². The molecule has 2 N–H and O–H groups in total. The molecule has 0 unspecified atom stereocenters. The predicted octanol–water partition coefficient (Wildman–Crippen LogP) is 3.46. The van der Waals surface area contributed by atoms with Crippen molar-refractivity contribution in [2.45, 2.75) is 6.92 Å². The molecule has 1 rings (SSSR count). The highest BCUT2D eigenvalue weighted by molar-refractivity contribution is 9.10. The highest BCUT2D eigenvalue weighted by Crippen LogP contribution is 2.23. The van der Waals surface area contributed by atoms with Crippen molar-refractivity contribution < 1.29 is 0 Å². The largest absolute Gasteiger partial charge is 0.327 e. The zero-order valence-corrected chi connectivity index (χ0v) is 9.69. The minimum Gasteiger partial charge on any atom is -0.327 e. The summed E-state index contributed by atoms with van der Waals surface area (Å²) in [6, 6.07) is 5.70. The molecule has 0 radical (unpaired) electrons. The third kappa shape index (κ3) is 3.14. The number of rotatable bonds is 2. The van der Waals surface area contributed by atoms with Crippen LogP contribution in [-0.4, -0.2) is 6.54 Å². The molecular weight excluding hydrogens is 249 g/mol. The first-order valence-electron chi connectivity index (χ1n) is 3.96. The molecule has 3 heteroatoms. The van der Waals surface area contributed by atoms with Crippen molar-refractivity contribution in [1.82, 2.24) is 0 Å². The number of nitrogens with two attached hydrogens (primary N) is 1. The van der Waals surface area contributed by atoms with Gasteiger partial charge in [-0.1, -0.05) is 45.2 Å². The zero-order chi connectivity index (χ0) is 9.84. The van der Waals surface area contributed by atoms with Gasteiger partial charge in [-0.15, -0.1) is 0 Å². The van der Waals surface area contributed by atoms with Gasteiger partial charge in [0, 0.05) is 16.0 Å². The lowest BCUT2D eigenvalue weighted by atomic mass is 10.1. The van der Waals surface area contributed by atoms with E-state index in [-0.39, 0.29) is 0 Å². The fourth-order valence-corrected chi connectivity index (χ4v) is 1.74. The van der Waals surface area contributed by atoms with Crippen molar-refractivity contribution in [2.24, 2.45) is 5.73 Å². The van der Waals surface area contributed by atoms with Gasteiger partial charge in [-0.25, -0.2) is 0 Å². The molecule has 0 aliphatic carbocycles. The van der Waals surface area contributed by atoms with Crippen molar-refractivity contribution in [3.63, 3.8) is 0 Å². The quantitative estimate of drug-likeness (QED) is 0.866. The number of halogens is 2. The van der Waals surface area contributed by atoms with E-state index in [2.05, 4.69) is 15.9 Å². The minimum atomic E-state index is 0.578. The molecule has 0 bridgehead atoms. The molecule has 13 heavy (non-hydrogen) atoms. The van der Waals surface area contributed by atoms with Crippen LogP contribution < -0.4 is 5.73 Å². The van der Waals surface area contributed by atoms with Gasteiger partial charge >= 0.3 is 0 Å². The van der Waals surface area contributed by atoms with Crippen molar-refractivity contribution in [2.75, 3.05) is 6.54 Å². The topological polar surface area (TPSA) is 26.0 Å². The third-order valence-corrected chi connectivity index (χ3v) is 2.61. The first kappa shape index (κ1) is 10.8. The van der Waals surface area contributed by atoms with Crippen LogP contribution in [0.25, 0.3) is 6.08 Å². The van der Waals surface area contributed by atoms with Gasteiger partial charge in [-0.3, -0.25) is 0 Å². The average molecular weight is 261 g/mol. The molecular formula is C10H11BrClN. The van der Waals surface area contributed by atoms with Gasteiger partial charge in [0.15, 0.2) is 0 Å². The van der Waals surface area contributed by atoms with Crippen LogP contribution in [0.4, 0.5) is 0 Å². The molecule has 1 nitrogen and oxygen atoms in total. The smallest absolute Gasteiger partial charge is 0.0417 e. The highest BCUT2D eigenvalue weighted by atomic mass is 79.9. The summed E-state index contributed by atoms with van der Waals surface area (Å²) >= 11 is 9.25. The van der Waals surface area contributed by atoms with E-state index < -0.39 is 0 Å². The maximum Gasteiger partial charge on any atom is 0.0417 e. The molecule has 0 aliphatic heterocycles. The Kier molecular flexibility index (Phi) is 3.97. The van der Waals surface area contributed by atoms with E-state index in [1.165, 1.54) is 0 Å². The Balaban J connectivity index is 3.03. The second-order valence-electron chi connectivity index (χ2n) is 2.86. The third-order valence-electron chi connectivity index (χ3n) is 1.69. The lowest BCUT2D eigenvalue weighted by Crippen LogP contribution is -1.99. The molecule has 1 aromatic carbocycles. The van der Waals surface area contributed by atoms with Gasteiger partial charge in [0.2, 0.25) is 0 Å². The summed E-state index contributed by atoms with van der Waals surface area (Å²) in [5.74, 6) is 0. The molecule has 0 saturated carbocycles. The van der Waals surface area contributed by atoms with E-state index >= 15 is 0 Å². The molecule has 0 saturated heterocycles. The van der Waals surface area contributed by atoms with Gasteiger partial charge in [-0.2, -0.15) is 0 Å². The maximum atomic E-state index is 5.81. The molecule has 0 aromatic heterocycles. The average Bonchev–Trinajstić information content (AvgIpc) is 2.09. The van der Waals surface area contributed by atoms with E-state index in [0.29, 0.717) is 6.54 Å². The van der Waals surface area contributed by atoms with Crippen LogP contribution in [0, 0.1) is 0 Å². The molecule has 0 spiro atoms. The summed E-state index contributed by atoms with van der Waals surface area (Å²) in [6.45, 7) is 2.58. The van der Waals surface area contributed by atoms with Crippen molar-refractivity contribution in [3.05, 3.63) is 38.8 Å². The Morgan fingerprint density at radius 2 is 2.31 bits per heavy atom. The maximum absolute atomic E-state index is 5.81. The molecule has 1 aromatic rings. The van der Waals surface area contributed by atoms with Crippen molar-refractivity contribution in [3.8, 4) is 0 Å². The number of hydrogen-bond acceptors (Lipinski definition) is 1. The Morgan fingerprint density at radius 1 is 1.62 bits per heavy atom. The molecule has 0 amide bonds. The van der Waals surface area contributed by atoms with E-state index in [1.54, 1.807) is 0 Å². The second-order valence-corrected chi connectivity index (χ2v) is 4.15. The molecule has 70 valence electrons. The fourth-order valence-electron chi connectivity index (χ4n) is 0.943. The van der Waals surface area contributed by atoms with Crippen molar-refractivity contribution >= 4 is 33.6 Å². The molecule has 0 atom stereocenters. The predicted molar refractivity (Wildman–Crippen MR) is 61.9 cm³/mol. The minimum absolute atomic E-state index is 0.578. The Morgan fingerprint density at radius 3 is 2.85 bits per heavy atom. The number of benzene rings is 1. The summed E-state index contributed by atoms with van der Waals surface area (Å²) in [7, 11) is 0. The molecule has 0 heterocycles. The second kappa shape index (κ2) is 4.80. The first-order valence-corrected chi connectivity index (χ1v) is 5.13. The van der Waals surface area contributed by atoms with Gasteiger partial charge in [0.05, 0.1) is 0 Å². The summed E-state index contributed by atoms with van der Waals surface area (Å²) in [6.07, 6.45) is 2.04. The van der Waals surface area contributed by atoms with Crippen LogP contribution in [0.2, 0.25) is 5.02 Å². The summed E-state index contributed by atoms with van der Waals surface area (Å²) < 4.78 is 0.993. The first-order chi connectivity index (χ1) is 6.13. The Hall–Kier alpha value is -0.310. The van der Waals surface area contributed by atoms with Crippen LogP contribution in [0.15, 0.2) is 28.2 Å². The van der Waals surface area contributed by atoms with Gasteiger partial charge < -0.3 is 5.73 Å². The van der Waals surface area contributed by atoms with Crippen LogP contribution in [0.5, 0.6) is 0 Å².